The SMILES string of the molecule is CC1=C2C3C=CC(C3)C12. The fourth-order valence-corrected chi connectivity index (χ4v) is 2.66. The molecule has 0 nitrogen and oxygen atoms in total. The summed E-state index contributed by atoms with van der Waals surface area (Å²) in [6.45, 7) is 2.30. The Morgan fingerprint density at radius 2 is 2.33 bits per heavy atom. The van der Waals surface area contributed by atoms with Gasteiger partial charge in [0.15, 0.2) is 0 Å². The van der Waals surface area contributed by atoms with Gasteiger partial charge in [-0.1, -0.05) is 23.3 Å². The highest BCUT2D eigenvalue weighted by molar-refractivity contribution is 5.51. The summed E-state index contributed by atoms with van der Waals surface area (Å²) in [6.07, 6.45) is 6.25. The zero-order valence-corrected chi connectivity index (χ0v) is 5.59. The Labute approximate surface area is 55.3 Å². The van der Waals surface area contributed by atoms with Crippen molar-refractivity contribution in [3.8, 4) is 0 Å². The third kappa shape index (κ3) is 0.320. The first kappa shape index (κ1) is 4.32. The molecule has 0 spiro atoms. The van der Waals surface area contributed by atoms with Crippen LogP contribution in [0.1, 0.15) is 13.3 Å². The van der Waals surface area contributed by atoms with Gasteiger partial charge in [0.25, 0.3) is 0 Å². The first-order valence-corrected chi connectivity index (χ1v) is 3.77. The minimum absolute atomic E-state index is 0.889. The lowest BCUT2D eigenvalue weighted by Crippen LogP contribution is -1.92. The Kier molecular flexibility index (Phi) is 0.493. The third-order valence-corrected chi connectivity index (χ3v) is 3.12. The first-order valence-electron chi connectivity index (χ1n) is 3.77. The van der Waals surface area contributed by atoms with Crippen molar-refractivity contribution in [3.05, 3.63) is 23.3 Å². The largest absolute Gasteiger partial charge is 0.0839 e. The molecule has 0 radical (unpaired) electrons. The molecule has 2 bridgehead atoms. The van der Waals surface area contributed by atoms with E-state index in [0.717, 1.165) is 17.8 Å². The average Bonchev–Trinajstić information content (AvgIpc) is 2.29. The van der Waals surface area contributed by atoms with E-state index in [1.54, 1.807) is 11.1 Å². The molecular weight excluding hydrogens is 108 g/mol. The van der Waals surface area contributed by atoms with Gasteiger partial charge >= 0.3 is 0 Å². The third-order valence-electron chi connectivity index (χ3n) is 3.12. The zero-order valence-electron chi connectivity index (χ0n) is 5.59. The highest BCUT2D eigenvalue weighted by Gasteiger charge is 2.50. The van der Waals surface area contributed by atoms with Crippen LogP contribution in [0.2, 0.25) is 0 Å². The van der Waals surface area contributed by atoms with Crippen molar-refractivity contribution in [1.29, 1.82) is 0 Å². The highest BCUT2D eigenvalue weighted by Crippen LogP contribution is 2.61. The standard InChI is InChI=1S/C9H10/c1-5-8-6-2-3-7(4-6)9(5)8/h2-3,6-8H,4H2,1H3. The number of fused-ring (bicyclic) bond motifs is 5. The summed E-state index contributed by atoms with van der Waals surface area (Å²) >= 11 is 0. The van der Waals surface area contributed by atoms with Gasteiger partial charge in [-0.15, -0.1) is 0 Å². The molecule has 0 heteroatoms. The fraction of sp³-hybridized carbons (Fsp3) is 0.556. The summed E-state index contributed by atoms with van der Waals surface area (Å²) in [5, 5.41) is 0. The first-order chi connectivity index (χ1) is 4.38. The molecule has 1 saturated carbocycles. The van der Waals surface area contributed by atoms with Gasteiger partial charge in [-0.3, -0.25) is 0 Å². The molecule has 1 fully saturated rings. The molecule has 9 heavy (non-hydrogen) atoms. The molecule has 46 valence electrons. The Balaban J connectivity index is 2.14. The van der Waals surface area contributed by atoms with Gasteiger partial charge in [-0.2, -0.15) is 0 Å². The number of allylic oxidation sites excluding steroid dienone is 4. The Bertz CT molecular complexity index is 232. The van der Waals surface area contributed by atoms with Crippen molar-refractivity contribution in [2.24, 2.45) is 17.8 Å². The van der Waals surface area contributed by atoms with Crippen molar-refractivity contribution < 1.29 is 0 Å². The minimum atomic E-state index is 0.889. The Morgan fingerprint density at radius 1 is 1.44 bits per heavy atom. The maximum absolute atomic E-state index is 2.41. The van der Waals surface area contributed by atoms with E-state index >= 15 is 0 Å². The van der Waals surface area contributed by atoms with Crippen molar-refractivity contribution >= 4 is 0 Å². The molecule has 3 unspecified atom stereocenters. The number of hydrogen-bond acceptors (Lipinski definition) is 0. The lowest BCUT2D eigenvalue weighted by Gasteiger charge is -2.00. The molecule has 3 aliphatic carbocycles. The van der Waals surface area contributed by atoms with Gasteiger partial charge in [-0.05, 0) is 25.2 Å². The molecular formula is C9H10. The van der Waals surface area contributed by atoms with Crippen molar-refractivity contribution in [2.75, 3.05) is 0 Å². The molecule has 0 aromatic heterocycles. The van der Waals surface area contributed by atoms with Crippen LogP contribution in [0.4, 0.5) is 0 Å². The second kappa shape index (κ2) is 1.03. The van der Waals surface area contributed by atoms with Crippen LogP contribution in [-0.4, -0.2) is 0 Å². The van der Waals surface area contributed by atoms with E-state index in [2.05, 4.69) is 19.1 Å². The normalized spacial score (nSPS) is 50.6. The van der Waals surface area contributed by atoms with Gasteiger partial charge < -0.3 is 0 Å². The Morgan fingerprint density at radius 3 is 2.89 bits per heavy atom. The second-order valence-corrected chi connectivity index (χ2v) is 3.51. The highest BCUT2D eigenvalue weighted by atomic mass is 14.5. The van der Waals surface area contributed by atoms with Gasteiger partial charge in [0.2, 0.25) is 0 Å². The van der Waals surface area contributed by atoms with Crippen LogP contribution < -0.4 is 0 Å². The van der Waals surface area contributed by atoms with Crippen LogP contribution in [0, 0.1) is 17.8 Å². The van der Waals surface area contributed by atoms with Gasteiger partial charge in [0.1, 0.15) is 0 Å². The Hall–Kier alpha value is -0.520. The molecule has 0 aliphatic heterocycles. The molecule has 0 aromatic rings. The predicted molar refractivity (Wildman–Crippen MR) is 36.9 cm³/mol. The molecule has 3 atom stereocenters. The second-order valence-electron chi connectivity index (χ2n) is 3.51. The summed E-state index contributed by atoms with van der Waals surface area (Å²) in [7, 11) is 0. The molecule has 0 N–H and O–H groups in total. The summed E-state index contributed by atoms with van der Waals surface area (Å²) in [4.78, 5) is 0. The van der Waals surface area contributed by atoms with Gasteiger partial charge in [0.05, 0.1) is 0 Å². The quantitative estimate of drug-likeness (QED) is 0.427. The van der Waals surface area contributed by atoms with Crippen LogP contribution in [0.3, 0.4) is 0 Å². The molecule has 3 rings (SSSR count). The van der Waals surface area contributed by atoms with E-state index in [1.165, 1.54) is 6.42 Å². The number of hydrogen-bond donors (Lipinski definition) is 0. The van der Waals surface area contributed by atoms with Crippen LogP contribution >= 0.6 is 0 Å². The monoisotopic (exact) mass is 118 g/mol. The molecule has 0 heterocycles. The molecule has 0 saturated heterocycles. The van der Waals surface area contributed by atoms with E-state index in [4.69, 9.17) is 0 Å². The maximum atomic E-state index is 2.41. The minimum Gasteiger partial charge on any atom is -0.0839 e. The fourth-order valence-electron chi connectivity index (χ4n) is 2.66. The summed E-state index contributed by atoms with van der Waals surface area (Å²) < 4.78 is 0. The summed E-state index contributed by atoms with van der Waals surface area (Å²) in [5.41, 5.74) is 3.50. The van der Waals surface area contributed by atoms with Crippen LogP contribution in [0.25, 0.3) is 0 Å². The number of rotatable bonds is 0. The predicted octanol–water partition coefficient (Wildman–Crippen LogP) is 2.14. The average molecular weight is 118 g/mol. The van der Waals surface area contributed by atoms with E-state index in [9.17, 15) is 0 Å². The zero-order chi connectivity index (χ0) is 6.01. The van der Waals surface area contributed by atoms with E-state index in [0.29, 0.717) is 0 Å². The van der Waals surface area contributed by atoms with Crippen LogP contribution in [0.5, 0.6) is 0 Å². The van der Waals surface area contributed by atoms with Crippen LogP contribution in [0.15, 0.2) is 23.3 Å². The van der Waals surface area contributed by atoms with E-state index in [-0.39, 0.29) is 0 Å². The molecule has 0 amide bonds. The van der Waals surface area contributed by atoms with Gasteiger partial charge in [-0.25, -0.2) is 0 Å². The van der Waals surface area contributed by atoms with Gasteiger partial charge in [0, 0.05) is 5.92 Å². The molecule has 3 aliphatic rings. The van der Waals surface area contributed by atoms with E-state index < -0.39 is 0 Å². The summed E-state index contributed by atoms with van der Waals surface area (Å²) in [6, 6.07) is 0. The van der Waals surface area contributed by atoms with Crippen molar-refractivity contribution in [3.63, 3.8) is 0 Å². The van der Waals surface area contributed by atoms with E-state index in [1.807, 2.05) is 0 Å². The van der Waals surface area contributed by atoms with Crippen LogP contribution in [-0.2, 0) is 0 Å². The summed E-state index contributed by atoms with van der Waals surface area (Å²) in [5.74, 6) is 2.78. The van der Waals surface area contributed by atoms with Crippen molar-refractivity contribution in [2.45, 2.75) is 13.3 Å². The maximum Gasteiger partial charge on any atom is 0.00791 e. The van der Waals surface area contributed by atoms with Crippen molar-refractivity contribution in [1.82, 2.24) is 0 Å². The smallest absolute Gasteiger partial charge is 0.00791 e. The lowest BCUT2D eigenvalue weighted by molar-refractivity contribution is 0.614. The molecule has 0 aromatic carbocycles. The lowest BCUT2D eigenvalue weighted by atomic mass is 10.0. The topological polar surface area (TPSA) is 0 Å².